The Morgan fingerprint density at radius 2 is 1.85 bits per heavy atom. The Balaban J connectivity index is 1.65. The van der Waals surface area contributed by atoms with Gasteiger partial charge in [0.2, 0.25) is 5.91 Å². The van der Waals surface area contributed by atoms with Gasteiger partial charge in [-0.05, 0) is 23.8 Å². The van der Waals surface area contributed by atoms with E-state index in [0.717, 1.165) is 0 Å². The molecule has 0 aliphatic carbocycles. The second kappa shape index (κ2) is 7.70. The average Bonchev–Trinajstić information content (AvgIpc) is 2.63. The lowest BCUT2D eigenvalue weighted by Gasteiger charge is -2.36. The van der Waals surface area contributed by atoms with Crippen LogP contribution in [0, 0.1) is 15.9 Å². The molecule has 0 spiro atoms. The minimum absolute atomic E-state index is 0.00770. The van der Waals surface area contributed by atoms with Gasteiger partial charge < -0.3 is 9.80 Å². The Kier molecular flexibility index (Phi) is 5.37. The maximum Gasteiger partial charge on any atom is 0.294 e. The molecule has 6 nitrogen and oxygen atoms in total. The number of hydrogen-bond acceptors (Lipinski definition) is 4. The molecular formula is C18H17ClFN3O3. The number of carbonyl (C=O) groups is 1. The number of rotatable bonds is 4. The molecule has 1 fully saturated rings. The van der Waals surface area contributed by atoms with Gasteiger partial charge in [0, 0.05) is 37.3 Å². The second-order valence-corrected chi connectivity index (χ2v) is 6.46. The first-order chi connectivity index (χ1) is 12.5. The first kappa shape index (κ1) is 18.1. The van der Waals surface area contributed by atoms with Crippen LogP contribution in [-0.4, -0.2) is 41.9 Å². The van der Waals surface area contributed by atoms with Gasteiger partial charge in [-0.15, -0.1) is 0 Å². The minimum atomic E-state index is -0.461. The summed E-state index contributed by atoms with van der Waals surface area (Å²) in [4.78, 5) is 26.7. The third kappa shape index (κ3) is 3.94. The van der Waals surface area contributed by atoms with E-state index in [0.29, 0.717) is 42.5 Å². The van der Waals surface area contributed by atoms with Crippen LogP contribution in [0.15, 0.2) is 42.5 Å². The molecule has 1 saturated heterocycles. The van der Waals surface area contributed by atoms with Crippen LogP contribution in [0.3, 0.4) is 0 Å². The summed E-state index contributed by atoms with van der Waals surface area (Å²) in [7, 11) is 0. The van der Waals surface area contributed by atoms with E-state index in [1.807, 2.05) is 4.90 Å². The lowest BCUT2D eigenvalue weighted by Crippen LogP contribution is -2.49. The molecule has 3 rings (SSSR count). The molecule has 8 heteroatoms. The zero-order valence-electron chi connectivity index (χ0n) is 13.9. The van der Waals surface area contributed by atoms with E-state index in [2.05, 4.69) is 0 Å². The zero-order chi connectivity index (χ0) is 18.7. The summed E-state index contributed by atoms with van der Waals surface area (Å²) < 4.78 is 13.7. The SMILES string of the molecule is O=C(Cc1ccccc1F)N1CCN(c2ccc(Cl)cc2[N+](=O)[O-])CC1. The Labute approximate surface area is 154 Å². The number of nitro groups is 1. The standard InChI is InChI=1S/C18H17ClFN3O3/c19-14-5-6-16(17(12-14)23(25)26)21-7-9-22(10-8-21)18(24)11-13-3-1-2-4-15(13)20/h1-6,12H,7-11H2. The van der Waals surface area contributed by atoms with Crippen molar-refractivity contribution in [3.63, 3.8) is 0 Å². The number of halogens is 2. The highest BCUT2D eigenvalue weighted by Crippen LogP contribution is 2.31. The largest absolute Gasteiger partial charge is 0.362 e. The first-order valence-corrected chi connectivity index (χ1v) is 8.53. The van der Waals surface area contributed by atoms with E-state index < -0.39 is 10.7 Å². The summed E-state index contributed by atoms with van der Waals surface area (Å²) in [6.45, 7) is 1.77. The molecule has 136 valence electrons. The highest BCUT2D eigenvalue weighted by molar-refractivity contribution is 6.30. The highest BCUT2D eigenvalue weighted by Gasteiger charge is 2.26. The summed E-state index contributed by atoms with van der Waals surface area (Å²) >= 11 is 5.85. The average molecular weight is 378 g/mol. The minimum Gasteiger partial charge on any atom is -0.362 e. The fourth-order valence-corrected chi connectivity index (χ4v) is 3.19. The highest BCUT2D eigenvalue weighted by atomic mass is 35.5. The van der Waals surface area contributed by atoms with Gasteiger partial charge in [-0.3, -0.25) is 14.9 Å². The molecule has 0 bridgehead atoms. The maximum atomic E-state index is 13.7. The summed E-state index contributed by atoms with van der Waals surface area (Å²) in [5.74, 6) is -0.545. The smallest absolute Gasteiger partial charge is 0.294 e. The van der Waals surface area contributed by atoms with Crippen LogP contribution in [-0.2, 0) is 11.2 Å². The normalized spacial score (nSPS) is 14.4. The van der Waals surface area contributed by atoms with Crippen molar-refractivity contribution < 1.29 is 14.1 Å². The van der Waals surface area contributed by atoms with Crippen molar-refractivity contribution in [3.8, 4) is 0 Å². The van der Waals surface area contributed by atoms with E-state index in [4.69, 9.17) is 11.6 Å². The van der Waals surface area contributed by atoms with Crippen LogP contribution in [0.2, 0.25) is 5.02 Å². The van der Waals surface area contributed by atoms with Gasteiger partial charge in [-0.2, -0.15) is 0 Å². The number of anilines is 1. The van der Waals surface area contributed by atoms with Gasteiger partial charge in [-0.1, -0.05) is 29.8 Å². The van der Waals surface area contributed by atoms with Gasteiger partial charge >= 0.3 is 0 Å². The Bertz CT molecular complexity index is 838. The number of nitro benzene ring substituents is 1. The van der Waals surface area contributed by atoms with Crippen molar-refractivity contribution in [1.82, 2.24) is 4.90 Å². The Morgan fingerprint density at radius 3 is 2.50 bits per heavy atom. The Hall–Kier alpha value is -2.67. The first-order valence-electron chi connectivity index (χ1n) is 8.16. The fraction of sp³-hybridized carbons (Fsp3) is 0.278. The van der Waals surface area contributed by atoms with Crippen molar-refractivity contribution in [2.24, 2.45) is 0 Å². The second-order valence-electron chi connectivity index (χ2n) is 6.03. The Morgan fingerprint density at radius 1 is 1.15 bits per heavy atom. The number of carbonyl (C=O) groups excluding carboxylic acids is 1. The van der Waals surface area contributed by atoms with Gasteiger partial charge in [0.05, 0.1) is 11.3 Å². The van der Waals surface area contributed by atoms with E-state index in [1.54, 1.807) is 35.2 Å². The van der Waals surface area contributed by atoms with E-state index >= 15 is 0 Å². The van der Waals surface area contributed by atoms with Gasteiger partial charge in [-0.25, -0.2) is 4.39 Å². The predicted molar refractivity (Wildman–Crippen MR) is 97.0 cm³/mol. The van der Waals surface area contributed by atoms with Crippen molar-refractivity contribution >= 4 is 28.9 Å². The molecule has 2 aromatic rings. The summed E-state index contributed by atoms with van der Waals surface area (Å²) in [6.07, 6.45) is 0.00770. The van der Waals surface area contributed by atoms with Crippen LogP contribution >= 0.6 is 11.6 Å². The number of benzene rings is 2. The molecule has 0 unspecified atom stereocenters. The maximum absolute atomic E-state index is 13.7. The molecule has 1 aliphatic heterocycles. The summed E-state index contributed by atoms with van der Waals surface area (Å²) in [5.41, 5.74) is 0.803. The van der Waals surface area contributed by atoms with Gasteiger partial charge in [0.1, 0.15) is 11.5 Å². The van der Waals surface area contributed by atoms with E-state index in [-0.39, 0.29) is 18.0 Å². The lowest BCUT2D eigenvalue weighted by atomic mass is 10.1. The number of nitrogens with zero attached hydrogens (tertiary/aromatic N) is 3. The molecule has 1 heterocycles. The van der Waals surface area contributed by atoms with E-state index in [1.165, 1.54) is 12.1 Å². The summed E-state index contributed by atoms with van der Waals surface area (Å²) in [5, 5.41) is 11.5. The molecule has 1 aliphatic rings. The number of piperazine rings is 1. The molecule has 2 aromatic carbocycles. The van der Waals surface area contributed by atoms with Crippen molar-refractivity contribution in [2.75, 3.05) is 31.1 Å². The van der Waals surface area contributed by atoms with Crippen LogP contribution in [0.4, 0.5) is 15.8 Å². The third-order valence-electron chi connectivity index (χ3n) is 4.41. The molecule has 0 N–H and O–H groups in total. The van der Waals surface area contributed by atoms with Crippen LogP contribution < -0.4 is 4.90 Å². The number of hydrogen-bond donors (Lipinski definition) is 0. The van der Waals surface area contributed by atoms with Crippen LogP contribution in [0.5, 0.6) is 0 Å². The van der Waals surface area contributed by atoms with Crippen molar-refractivity contribution in [2.45, 2.75) is 6.42 Å². The van der Waals surface area contributed by atoms with Crippen molar-refractivity contribution in [3.05, 3.63) is 69.0 Å². The topological polar surface area (TPSA) is 66.7 Å². The van der Waals surface area contributed by atoms with Crippen LogP contribution in [0.1, 0.15) is 5.56 Å². The zero-order valence-corrected chi connectivity index (χ0v) is 14.7. The molecule has 0 atom stereocenters. The monoisotopic (exact) mass is 377 g/mol. The molecule has 0 aromatic heterocycles. The van der Waals surface area contributed by atoms with Crippen LogP contribution in [0.25, 0.3) is 0 Å². The molecule has 26 heavy (non-hydrogen) atoms. The molecule has 0 radical (unpaired) electrons. The summed E-state index contributed by atoms with van der Waals surface area (Å²) in [6, 6.07) is 10.8. The fourth-order valence-electron chi connectivity index (χ4n) is 3.02. The van der Waals surface area contributed by atoms with Crippen molar-refractivity contribution in [1.29, 1.82) is 0 Å². The number of amides is 1. The van der Waals surface area contributed by atoms with Gasteiger partial charge in [0.25, 0.3) is 5.69 Å². The quantitative estimate of drug-likeness (QED) is 0.605. The van der Waals surface area contributed by atoms with Gasteiger partial charge in [0.15, 0.2) is 0 Å². The third-order valence-corrected chi connectivity index (χ3v) is 4.64. The molecular weight excluding hydrogens is 361 g/mol. The predicted octanol–water partition coefficient (Wildman–Crippen LogP) is 3.28. The molecule has 1 amide bonds. The molecule has 0 saturated carbocycles. The van der Waals surface area contributed by atoms with E-state index in [9.17, 15) is 19.3 Å². The lowest BCUT2D eigenvalue weighted by molar-refractivity contribution is -0.384.